The molecule has 0 fully saturated rings. The topological polar surface area (TPSA) is 0 Å². The zero-order valence-corrected chi connectivity index (χ0v) is 12.8. The lowest BCUT2D eigenvalue weighted by Crippen LogP contribution is -2.23. The third-order valence-corrected chi connectivity index (χ3v) is 2.98. The van der Waals surface area contributed by atoms with Crippen LogP contribution < -0.4 is 0 Å². The van der Waals surface area contributed by atoms with E-state index in [4.69, 9.17) is 0 Å². The van der Waals surface area contributed by atoms with Gasteiger partial charge in [-0.1, -0.05) is 47.5 Å². The first-order chi connectivity index (χ1) is 8.50. The van der Waals surface area contributed by atoms with Crippen LogP contribution in [0, 0.1) is 23.5 Å². The highest BCUT2D eigenvalue weighted by Crippen LogP contribution is 2.36. The highest BCUT2D eigenvalue weighted by Gasteiger charge is 2.31. The zero-order chi connectivity index (χ0) is 15.0. The standard InChI is InChI=1S/C17H22F2/c1-8-9-11-10-12(18)14(17(5,6)7)15(19)13(11)16(2,3)4/h10H,1-7H3. The van der Waals surface area contributed by atoms with Crippen LogP contribution in [0.1, 0.15) is 65.2 Å². The van der Waals surface area contributed by atoms with Crippen LogP contribution in [0.4, 0.5) is 8.78 Å². The number of halogens is 2. The normalized spacial score (nSPS) is 12.1. The highest BCUT2D eigenvalue weighted by atomic mass is 19.1. The van der Waals surface area contributed by atoms with Gasteiger partial charge in [0.25, 0.3) is 0 Å². The molecule has 0 amide bonds. The molecular formula is C17H22F2. The first kappa shape index (κ1) is 15.7. The van der Waals surface area contributed by atoms with Crippen LogP contribution in [0.3, 0.4) is 0 Å². The first-order valence-electron chi connectivity index (χ1n) is 6.46. The maximum Gasteiger partial charge on any atom is 0.134 e. The lowest BCUT2D eigenvalue weighted by molar-refractivity contribution is 0.449. The predicted octanol–water partition coefficient (Wildman–Crippen LogP) is 4.93. The van der Waals surface area contributed by atoms with Gasteiger partial charge in [-0.2, -0.15) is 0 Å². The third-order valence-electron chi connectivity index (χ3n) is 2.98. The average molecular weight is 264 g/mol. The zero-order valence-electron chi connectivity index (χ0n) is 12.8. The van der Waals surface area contributed by atoms with E-state index in [0.717, 1.165) is 0 Å². The second-order valence-corrected chi connectivity index (χ2v) is 6.84. The number of benzene rings is 1. The van der Waals surface area contributed by atoms with Crippen molar-refractivity contribution in [2.24, 2.45) is 0 Å². The largest absolute Gasteiger partial charge is 0.207 e. The molecule has 0 saturated carbocycles. The molecule has 0 atom stereocenters. The van der Waals surface area contributed by atoms with Gasteiger partial charge in [0.2, 0.25) is 0 Å². The Morgan fingerprint density at radius 1 is 0.895 bits per heavy atom. The molecule has 0 aliphatic carbocycles. The highest BCUT2D eigenvalue weighted by molar-refractivity contribution is 5.49. The number of rotatable bonds is 0. The Bertz CT molecular complexity index is 544. The SMILES string of the molecule is CC#Cc1cc(F)c(C(C)(C)C)c(F)c1C(C)(C)C. The maximum atomic E-state index is 14.8. The molecule has 0 aliphatic rings. The van der Waals surface area contributed by atoms with Crippen molar-refractivity contribution in [3.05, 3.63) is 34.4 Å². The molecule has 0 heterocycles. The van der Waals surface area contributed by atoms with Gasteiger partial charge in [0.05, 0.1) is 0 Å². The molecule has 0 radical (unpaired) electrons. The molecule has 0 aromatic heterocycles. The van der Waals surface area contributed by atoms with Crippen LogP contribution in [0.25, 0.3) is 0 Å². The first-order valence-corrected chi connectivity index (χ1v) is 6.46. The summed E-state index contributed by atoms with van der Waals surface area (Å²) in [4.78, 5) is 0. The third kappa shape index (κ3) is 3.15. The van der Waals surface area contributed by atoms with E-state index in [0.29, 0.717) is 11.1 Å². The molecule has 0 aliphatic heterocycles. The van der Waals surface area contributed by atoms with E-state index in [1.165, 1.54) is 6.07 Å². The summed E-state index contributed by atoms with van der Waals surface area (Å²) in [5, 5.41) is 0. The van der Waals surface area contributed by atoms with Crippen LogP contribution in [0.5, 0.6) is 0 Å². The second kappa shape index (κ2) is 4.96. The van der Waals surface area contributed by atoms with Crippen molar-refractivity contribution in [2.75, 3.05) is 0 Å². The van der Waals surface area contributed by atoms with Crippen molar-refractivity contribution in [1.29, 1.82) is 0 Å². The molecule has 0 unspecified atom stereocenters. The Hall–Kier alpha value is -1.36. The summed E-state index contributed by atoms with van der Waals surface area (Å²) in [6, 6.07) is 1.36. The van der Waals surface area contributed by atoms with E-state index in [1.807, 2.05) is 41.5 Å². The van der Waals surface area contributed by atoms with E-state index in [2.05, 4.69) is 11.8 Å². The van der Waals surface area contributed by atoms with Crippen molar-refractivity contribution >= 4 is 0 Å². The quantitative estimate of drug-likeness (QED) is 0.583. The van der Waals surface area contributed by atoms with Gasteiger partial charge in [-0.05, 0) is 23.8 Å². The van der Waals surface area contributed by atoms with Crippen LogP contribution in [0.2, 0.25) is 0 Å². The molecule has 0 nitrogen and oxygen atoms in total. The molecule has 19 heavy (non-hydrogen) atoms. The van der Waals surface area contributed by atoms with Gasteiger partial charge >= 0.3 is 0 Å². The van der Waals surface area contributed by atoms with Gasteiger partial charge in [-0.25, -0.2) is 8.78 Å². The van der Waals surface area contributed by atoms with Gasteiger partial charge in [0.1, 0.15) is 11.6 Å². The van der Waals surface area contributed by atoms with Gasteiger partial charge in [-0.3, -0.25) is 0 Å². The molecule has 104 valence electrons. The lowest BCUT2D eigenvalue weighted by atomic mass is 9.77. The Balaban J connectivity index is 3.81. The number of hydrogen-bond donors (Lipinski definition) is 0. The minimum Gasteiger partial charge on any atom is -0.207 e. The second-order valence-electron chi connectivity index (χ2n) is 6.84. The monoisotopic (exact) mass is 264 g/mol. The summed E-state index contributed by atoms with van der Waals surface area (Å²) < 4.78 is 29.0. The summed E-state index contributed by atoms with van der Waals surface area (Å²) >= 11 is 0. The predicted molar refractivity (Wildman–Crippen MR) is 76.3 cm³/mol. The Labute approximate surface area is 115 Å². The molecular weight excluding hydrogens is 242 g/mol. The summed E-state index contributed by atoms with van der Waals surface area (Å²) in [6.07, 6.45) is 0. The molecule has 1 rings (SSSR count). The molecule has 1 aromatic carbocycles. The van der Waals surface area contributed by atoms with Gasteiger partial charge in [0.15, 0.2) is 0 Å². The fourth-order valence-corrected chi connectivity index (χ4v) is 2.27. The van der Waals surface area contributed by atoms with E-state index >= 15 is 0 Å². The van der Waals surface area contributed by atoms with Gasteiger partial charge in [0, 0.05) is 16.7 Å². The molecule has 0 saturated heterocycles. The Morgan fingerprint density at radius 2 is 1.37 bits per heavy atom. The van der Waals surface area contributed by atoms with E-state index in [9.17, 15) is 8.78 Å². The Morgan fingerprint density at radius 3 is 1.74 bits per heavy atom. The lowest BCUT2D eigenvalue weighted by Gasteiger charge is -2.28. The minimum atomic E-state index is -0.577. The van der Waals surface area contributed by atoms with Crippen molar-refractivity contribution in [1.82, 2.24) is 0 Å². The van der Waals surface area contributed by atoms with Crippen LogP contribution in [-0.2, 0) is 10.8 Å². The van der Waals surface area contributed by atoms with Crippen molar-refractivity contribution in [3.8, 4) is 11.8 Å². The molecule has 0 N–H and O–H groups in total. The maximum absolute atomic E-state index is 14.8. The van der Waals surface area contributed by atoms with Crippen molar-refractivity contribution < 1.29 is 8.78 Å². The smallest absolute Gasteiger partial charge is 0.134 e. The fraction of sp³-hybridized carbons (Fsp3) is 0.529. The fourth-order valence-electron chi connectivity index (χ4n) is 2.27. The Kier molecular flexibility index (Phi) is 4.10. The van der Waals surface area contributed by atoms with Crippen LogP contribution in [-0.4, -0.2) is 0 Å². The average Bonchev–Trinajstić information content (AvgIpc) is 2.11. The summed E-state index contributed by atoms with van der Waals surface area (Å²) in [6.45, 7) is 12.8. The molecule has 0 bridgehead atoms. The van der Waals surface area contributed by atoms with Crippen LogP contribution in [0.15, 0.2) is 6.07 Å². The molecule has 2 heteroatoms. The summed E-state index contributed by atoms with van der Waals surface area (Å²) in [5.41, 5.74) is 0.0776. The summed E-state index contributed by atoms with van der Waals surface area (Å²) in [5.74, 6) is 4.56. The van der Waals surface area contributed by atoms with E-state index < -0.39 is 22.5 Å². The molecule has 1 aromatic rings. The van der Waals surface area contributed by atoms with Crippen LogP contribution >= 0.6 is 0 Å². The van der Waals surface area contributed by atoms with Gasteiger partial charge in [-0.15, -0.1) is 5.92 Å². The minimum absolute atomic E-state index is 0.138. The van der Waals surface area contributed by atoms with E-state index in [-0.39, 0.29) is 5.56 Å². The molecule has 0 spiro atoms. The number of hydrogen-bond acceptors (Lipinski definition) is 0. The van der Waals surface area contributed by atoms with E-state index in [1.54, 1.807) is 6.92 Å². The van der Waals surface area contributed by atoms with Crippen molar-refractivity contribution in [2.45, 2.75) is 59.3 Å². The van der Waals surface area contributed by atoms with Crippen molar-refractivity contribution in [3.63, 3.8) is 0 Å². The van der Waals surface area contributed by atoms with Gasteiger partial charge < -0.3 is 0 Å². The summed E-state index contributed by atoms with van der Waals surface area (Å²) in [7, 11) is 0.